The van der Waals surface area contributed by atoms with Crippen molar-refractivity contribution in [1.29, 1.82) is 0 Å². The molecule has 0 radical (unpaired) electrons. The maximum Gasteiger partial charge on any atom is 0.318 e. The standard InChI is InChI=1S/C12H23N3O2/c1-12(2,3)14-11(17)15(8-10(13)16)9-6-4-5-7-9/h9H,4-8H2,1-3H3,(H2,13,16)(H,14,17). The largest absolute Gasteiger partial charge is 0.368 e. The molecule has 0 bridgehead atoms. The molecule has 1 fully saturated rings. The summed E-state index contributed by atoms with van der Waals surface area (Å²) in [5, 5.41) is 2.88. The van der Waals surface area contributed by atoms with Gasteiger partial charge in [-0.25, -0.2) is 4.79 Å². The van der Waals surface area contributed by atoms with Crippen molar-refractivity contribution >= 4 is 11.9 Å². The van der Waals surface area contributed by atoms with Gasteiger partial charge >= 0.3 is 6.03 Å². The molecule has 0 aromatic carbocycles. The second-order valence-electron chi connectivity index (χ2n) is 5.71. The normalized spacial score (nSPS) is 16.9. The van der Waals surface area contributed by atoms with Gasteiger partial charge in [0, 0.05) is 11.6 Å². The number of nitrogens with one attached hydrogen (secondary N) is 1. The highest BCUT2D eigenvalue weighted by Gasteiger charge is 2.29. The van der Waals surface area contributed by atoms with Crippen molar-refractivity contribution in [2.45, 2.75) is 58.0 Å². The first-order valence-corrected chi connectivity index (χ1v) is 6.17. The van der Waals surface area contributed by atoms with Gasteiger partial charge in [-0.2, -0.15) is 0 Å². The lowest BCUT2D eigenvalue weighted by Crippen LogP contribution is -2.53. The molecule has 1 rings (SSSR count). The summed E-state index contributed by atoms with van der Waals surface area (Å²) in [7, 11) is 0. The van der Waals surface area contributed by atoms with Gasteiger partial charge in [0.1, 0.15) is 6.54 Å². The number of urea groups is 1. The van der Waals surface area contributed by atoms with Crippen LogP contribution in [0.2, 0.25) is 0 Å². The van der Waals surface area contributed by atoms with E-state index in [9.17, 15) is 9.59 Å². The Morgan fingerprint density at radius 1 is 1.29 bits per heavy atom. The van der Waals surface area contributed by atoms with Crippen LogP contribution in [0.5, 0.6) is 0 Å². The smallest absolute Gasteiger partial charge is 0.318 e. The summed E-state index contributed by atoms with van der Waals surface area (Å²) in [6, 6.07) is -0.0342. The molecule has 17 heavy (non-hydrogen) atoms. The minimum absolute atomic E-state index is 0.00653. The Hall–Kier alpha value is -1.26. The molecule has 0 unspecified atom stereocenters. The van der Waals surface area contributed by atoms with Crippen LogP contribution in [0, 0.1) is 0 Å². The topological polar surface area (TPSA) is 75.4 Å². The Morgan fingerprint density at radius 2 is 1.82 bits per heavy atom. The number of rotatable bonds is 3. The van der Waals surface area contributed by atoms with Crippen LogP contribution in [0.4, 0.5) is 4.79 Å². The summed E-state index contributed by atoms with van der Waals surface area (Å²) >= 11 is 0. The molecule has 1 saturated carbocycles. The van der Waals surface area contributed by atoms with Gasteiger partial charge in [-0.05, 0) is 33.6 Å². The molecule has 3 N–H and O–H groups in total. The SMILES string of the molecule is CC(C)(C)NC(=O)N(CC(N)=O)C1CCCC1. The second-order valence-corrected chi connectivity index (χ2v) is 5.71. The molecule has 1 aliphatic rings. The average molecular weight is 241 g/mol. The summed E-state index contributed by atoms with van der Waals surface area (Å²) in [5.74, 6) is -0.457. The van der Waals surface area contributed by atoms with Crippen LogP contribution >= 0.6 is 0 Å². The second kappa shape index (κ2) is 5.38. The highest BCUT2D eigenvalue weighted by molar-refractivity contribution is 5.83. The number of nitrogens with zero attached hydrogens (tertiary/aromatic N) is 1. The Labute approximate surface area is 103 Å². The molecule has 0 aromatic rings. The minimum Gasteiger partial charge on any atom is -0.368 e. The fourth-order valence-corrected chi connectivity index (χ4v) is 2.14. The zero-order valence-electron chi connectivity index (χ0n) is 11.0. The van der Waals surface area contributed by atoms with Gasteiger partial charge in [0.25, 0.3) is 0 Å². The molecule has 98 valence electrons. The molecular formula is C12H23N3O2. The van der Waals surface area contributed by atoms with Crippen LogP contribution in [0.15, 0.2) is 0 Å². The number of hydrogen-bond acceptors (Lipinski definition) is 2. The van der Waals surface area contributed by atoms with Gasteiger partial charge in [-0.15, -0.1) is 0 Å². The van der Waals surface area contributed by atoms with Gasteiger partial charge in [0.05, 0.1) is 0 Å². The number of primary amides is 1. The zero-order chi connectivity index (χ0) is 13.1. The van der Waals surface area contributed by atoms with Crippen molar-refractivity contribution in [2.75, 3.05) is 6.54 Å². The highest BCUT2D eigenvalue weighted by atomic mass is 16.2. The van der Waals surface area contributed by atoms with Crippen molar-refractivity contribution < 1.29 is 9.59 Å². The van der Waals surface area contributed by atoms with Crippen molar-refractivity contribution in [2.24, 2.45) is 5.73 Å². The number of carbonyl (C=O) groups is 2. The number of hydrogen-bond donors (Lipinski definition) is 2. The van der Waals surface area contributed by atoms with Crippen molar-refractivity contribution in [3.05, 3.63) is 0 Å². The Bertz CT molecular complexity index is 291. The maximum atomic E-state index is 12.1. The first kappa shape index (κ1) is 13.8. The zero-order valence-corrected chi connectivity index (χ0v) is 11.0. The van der Waals surface area contributed by atoms with Crippen LogP contribution in [-0.4, -0.2) is 35.0 Å². The highest BCUT2D eigenvalue weighted by Crippen LogP contribution is 2.23. The lowest BCUT2D eigenvalue weighted by Gasteiger charge is -2.31. The molecule has 3 amide bonds. The molecule has 5 heteroatoms. The third-order valence-corrected chi connectivity index (χ3v) is 2.83. The summed E-state index contributed by atoms with van der Waals surface area (Å²) < 4.78 is 0. The molecule has 0 saturated heterocycles. The summed E-state index contributed by atoms with van der Waals surface area (Å²) in [4.78, 5) is 24.7. The van der Waals surface area contributed by atoms with Crippen LogP contribution in [0.25, 0.3) is 0 Å². The van der Waals surface area contributed by atoms with E-state index in [1.807, 2.05) is 20.8 Å². The number of nitrogens with two attached hydrogens (primary N) is 1. The first-order valence-electron chi connectivity index (χ1n) is 6.17. The van der Waals surface area contributed by atoms with E-state index in [1.165, 1.54) is 0 Å². The molecule has 1 aliphatic carbocycles. The molecule has 0 aliphatic heterocycles. The summed E-state index contributed by atoms with van der Waals surface area (Å²) in [6.07, 6.45) is 4.15. The van der Waals surface area contributed by atoms with Gasteiger partial charge < -0.3 is 16.0 Å². The molecule has 0 heterocycles. The van der Waals surface area contributed by atoms with Gasteiger partial charge in [-0.3, -0.25) is 4.79 Å². The first-order chi connectivity index (χ1) is 7.79. The van der Waals surface area contributed by atoms with E-state index in [0.29, 0.717) is 0 Å². The monoisotopic (exact) mass is 241 g/mol. The third-order valence-electron chi connectivity index (χ3n) is 2.83. The van der Waals surface area contributed by atoms with E-state index >= 15 is 0 Å². The predicted molar refractivity (Wildman–Crippen MR) is 66.4 cm³/mol. The van der Waals surface area contributed by atoms with Crippen LogP contribution in [-0.2, 0) is 4.79 Å². The molecular weight excluding hydrogens is 218 g/mol. The summed E-state index contributed by atoms with van der Waals surface area (Å²) in [5.41, 5.74) is 4.90. The molecule has 0 spiro atoms. The van der Waals surface area contributed by atoms with Gasteiger partial charge in [-0.1, -0.05) is 12.8 Å². The third kappa shape index (κ3) is 4.63. The maximum absolute atomic E-state index is 12.1. The Balaban J connectivity index is 2.67. The fraction of sp³-hybridized carbons (Fsp3) is 0.833. The fourth-order valence-electron chi connectivity index (χ4n) is 2.14. The minimum atomic E-state index is -0.457. The van der Waals surface area contributed by atoms with E-state index in [-0.39, 0.29) is 24.2 Å². The van der Waals surface area contributed by atoms with Crippen LogP contribution in [0.3, 0.4) is 0 Å². The van der Waals surface area contributed by atoms with Crippen LogP contribution in [0.1, 0.15) is 46.5 Å². The lowest BCUT2D eigenvalue weighted by atomic mass is 10.1. The van der Waals surface area contributed by atoms with E-state index in [4.69, 9.17) is 5.73 Å². The van der Waals surface area contributed by atoms with E-state index < -0.39 is 5.91 Å². The quantitative estimate of drug-likeness (QED) is 0.779. The summed E-state index contributed by atoms with van der Waals surface area (Å²) in [6.45, 7) is 5.76. The predicted octanol–water partition coefficient (Wildman–Crippen LogP) is 1.22. The Morgan fingerprint density at radius 3 is 2.24 bits per heavy atom. The van der Waals surface area contributed by atoms with Crippen molar-refractivity contribution in [3.63, 3.8) is 0 Å². The average Bonchev–Trinajstić information content (AvgIpc) is 2.63. The number of carbonyl (C=O) groups excluding carboxylic acids is 2. The van der Waals surface area contributed by atoms with Crippen LogP contribution < -0.4 is 11.1 Å². The van der Waals surface area contributed by atoms with E-state index in [0.717, 1.165) is 25.7 Å². The Kier molecular flexibility index (Phi) is 4.37. The van der Waals surface area contributed by atoms with Crippen molar-refractivity contribution in [3.8, 4) is 0 Å². The van der Waals surface area contributed by atoms with Crippen molar-refractivity contribution in [1.82, 2.24) is 10.2 Å². The van der Waals surface area contributed by atoms with Gasteiger partial charge in [0.2, 0.25) is 5.91 Å². The lowest BCUT2D eigenvalue weighted by molar-refractivity contribution is -0.119. The molecule has 5 nitrogen and oxygen atoms in total. The van der Waals surface area contributed by atoms with Gasteiger partial charge in [0.15, 0.2) is 0 Å². The van der Waals surface area contributed by atoms with E-state index in [2.05, 4.69) is 5.32 Å². The molecule has 0 aromatic heterocycles. The van der Waals surface area contributed by atoms with E-state index in [1.54, 1.807) is 4.90 Å². The number of amides is 3. The molecule has 0 atom stereocenters.